The summed E-state index contributed by atoms with van der Waals surface area (Å²) >= 11 is 0. The van der Waals surface area contributed by atoms with Crippen LogP contribution < -0.4 is 0 Å². The normalized spacial score (nSPS) is 10.7. The van der Waals surface area contributed by atoms with Crippen molar-refractivity contribution < 1.29 is 0 Å². The van der Waals surface area contributed by atoms with E-state index in [9.17, 15) is 0 Å². The molecule has 126 valence electrons. The van der Waals surface area contributed by atoms with E-state index in [1.807, 2.05) is 18.2 Å². The number of hydrogen-bond donors (Lipinski definition) is 0. The minimum Gasteiger partial charge on any atom is -0.309 e. The summed E-state index contributed by atoms with van der Waals surface area (Å²) in [6.07, 6.45) is 1.76. The number of nitrogens with zero attached hydrogens (tertiary/aromatic N) is 2. The summed E-state index contributed by atoms with van der Waals surface area (Å²) in [7, 11) is 0. The van der Waals surface area contributed by atoms with Gasteiger partial charge in [-0.05, 0) is 54.5 Å². The van der Waals surface area contributed by atoms with Gasteiger partial charge in [-0.25, -0.2) is 4.98 Å². The Bertz CT molecular complexity index is 1250. The van der Waals surface area contributed by atoms with Crippen LogP contribution in [0.3, 0.4) is 0 Å². The molecule has 0 saturated heterocycles. The van der Waals surface area contributed by atoms with Gasteiger partial charge < -0.3 is 4.57 Å². The predicted octanol–water partition coefficient (Wildman–Crippen LogP) is 5.58. The Kier molecular flexibility index (Phi) is 3.70. The predicted molar refractivity (Wildman–Crippen MR) is 111 cm³/mol. The Morgan fingerprint density at radius 3 is 1.85 bits per heavy atom. The first-order valence-electron chi connectivity index (χ1n) is 8.92. The minimum absolute atomic E-state index is 0.781. The van der Waals surface area contributed by atoms with Crippen molar-refractivity contribution in [2.45, 2.75) is 0 Å². The highest BCUT2D eigenvalue weighted by molar-refractivity contribution is 6.09. The lowest BCUT2D eigenvalue weighted by Crippen LogP contribution is -1.93. The van der Waals surface area contributed by atoms with Gasteiger partial charge in [-0.3, -0.25) is 0 Å². The Balaban J connectivity index is 1.60. The molecule has 0 atom stereocenters. The van der Waals surface area contributed by atoms with Crippen molar-refractivity contribution >= 4 is 21.8 Å². The van der Waals surface area contributed by atoms with Crippen LogP contribution in [0.1, 0.15) is 11.3 Å². The zero-order chi connectivity index (χ0) is 18.1. The standard InChI is InChI=1S/C25H16N2/c1-3-10-24-22(8-1)23-9-2-4-11-25(23)27(24)21-16-13-19(14-17-21)12-15-20-7-5-6-18-26-20/h1-11,13-14,16-18H. The average Bonchev–Trinajstić information content (AvgIpc) is 3.08. The van der Waals surface area contributed by atoms with Gasteiger partial charge >= 0.3 is 0 Å². The Hall–Kier alpha value is -3.83. The average molecular weight is 344 g/mol. The lowest BCUT2D eigenvalue weighted by atomic mass is 10.2. The summed E-state index contributed by atoms with van der Waals surface area (Å²) in [5.74, 6) is 6.29. The van der Waals surface area contributed by atoms with Gasteiger partial charge in [0.2, 0.25) is 0 Å². The molecule has 0 saturated carbocycles. The number of benzene rings is 3. The quantitative estimate of drug-likeness (QED) is 0.363. The van der Waals surface area contributed by atoms with Crippen molar-refractivity contribution in [2.24, 2.45) is 0 Å². The summed E-state index contributed by atoms with van der Waals surface area (Å²) in [5.41, 5.74) is 5.32. The molecule has 2 nitrogen and oxygen atoms in total. The fraction of sp³-hybridized carbons (Fsp3) is 0. The molecule has 0 fully saturated rings. The number of hydrogen-bond acceptors (Lipinski definition) is 1. The summed E-state index contributed by atoms with van der Waals surface area (Å²) in [5, 5.41) is 2.54. The molecule has 3 aromatic carbocycles. The van der Waals surface area contributed by atoms with E-state index in [0.717, 1.165) is 16.9 Å². The van der Waals surface area contributed by atoms with Crippen LogP contribution in [-0.4, -0.2) is 9.55 Å². The van der Waals surface area contributed by atoms with E-state index in [1.54, 1.807) is 6.20 Å². The second-order valence-corrected chi connectivity index (χ2v) is 6.38. The SMILES string of the molecule is C(#Cc1ccccn1)c1ccc(-n2c3ccccc3c3ccccc32)cc1. The van der Waals surface area contributed by atoms with E-state index in [0.29, 0.717) is 0 Å². The Morgan fingerprint density at radius 1 is 0.593 bits per heavy atom. The maximum Gasteiger partial charge on any atom is 0.113 e. The van der Waals surface area contributed by atoms with Crippen molar-refractivity contribution in [1.29, 1.82) is 0 Å². The molecule has 0 aliphatic carbocycles. The van der Waals surface area contributed by atoms with Gasteiger partial charge in [0.15, 0.2) is 0 Å². The van der Waals surface area contributed by atoms with Crippen molar-refractivity contribution in [3.8, 4) is 17.5 Å². The lowest BCUT2D eigenvalue weighted by molar-refractivity contribution is 1.18. The van der Waals surface area contributed by atoms with Gasteiger partial charge in [0.05, 0.1) is 11.0 Å². The van der Waals surface area contributed by atoms with Gasteiger partial charge in [-0.15, -0.1) is 0 Å². The zero-order valence-corrected chi connectivity index (χ0v) is 14.6. The molecule has 2 heteroatoms. The summed E-state index contributed by atoms with van der Waals surface area (Å²) in [6.45, 7) is 0. The fourth-order valence-corrected chi connectivity index (χ4v) is 3.47. The van der Waals surface area contributed by atoms with Crippen LogP contribution in [0.2, 0.25) is 0 Å². The van der Waals surface area contributed by atoms with Crippen LogP contribution in [0.25, 0.3) is 27.5 Å². The molecule has 0 radical (unpaired) electrons. The number of fused-ring (bicyclic) bond motifs is 3. The highest BCUT2D eigenvalue weighted by Gasteiger charge is 2.10. The summed E-state index contributed by atoms with van der Waals surface area (Å²) in [4.78, 5) is 4.24. The number of pyridine rings is 1. The monoisotopic (exact) mass is 344 g/mol. The maximum absolute atomic E-state index is 4.24. The molecule has 0 N–H and O–H groups in total. The smallest absolute Gasteiger partial charge is 0.113 e. The molecular formula is C25H16N2. The van der Waals surface area contributed by atoms with Crippen LogP contribution in [0.5, 0.6) is 0 Å². The molecule has 5 rings (SSSR count). The second kappa shape index (κ2) is 6.48. The lowest BCUT2D eigenvalue weighted by Gasteiger charge is -2.07. The van der Waals surface area contributed by atoms with E-state index in [2.05, 4.69) is 94.2 Å². The molecule has 27 heavy (non-hydrogen) atoms. The van der Waals surface area contributed by atoms with Gasteiger partial charge in [-0.1, -0.05) is 48.4 Å². The third-order valence-electron chi connectivity index (χ3n) is 4.71. The minimum atomic E-state index is 0.781. The number of aromatic nitrogens is 2. The van der Waals surface area contributed by atoms with Crippen molar-refractivity contribution in [2.75, 3.05) is 0 Å². The zero-order valence-electron chi connectivity index (χ0n) is 14.6. The topological polar surface area (TPSA) is 17.8 Å². The van der Waals surface area contributed by atoms with Gasteiger partial charge in [0.1, 0.15) is 5.69 Å². The Labute approximate surface area is 157 Å². The van der Waals surface area contributed by atoms with Crippen LogP contribution in [0, 0.1) is 11.8 Å². The molecule has 0 aliphatic heterocycles. The van der Waals surface area contributed by atoms with Gasteiger partial charge in [0, 0.05) is 28.2 Å². The Morgan fingerprint density at radius 2 is 1.22 bits per heavy atom. The van der Waals surface area contributed by atoms with Crippen LogP contribution in [0.4, 0.5) is 0 Å². The van der Waals surface area contributed by atoms with Crippen LogP contribution >= 0.6 is 0 Å². The molecule has 0 spiro atoms. The van der Waals surface area contributed by atoms with Crippen molar-refractivity contribution in [3.63, 3.8) is 0 Å². The van der Waals surface area contributed by atoms with E-state index >= 15 is 0 Å². The third kappa shape index (κ3) is 2.76. The molecule has 2 heterocycles. The molecule has 5 aromatic rings. The molecular weight excluding hydrogens is 328 g/mol. The van der Waals surface area contributed by atoms with E-state index < -0.39 is 0 Å². The van der Waals surface area contributed by atoms with Crippen LogP contribution in [-0.2, 0) is 0 Å². The van der Waals surface area contributed by atoms with Crippen molar-refractivity contribution in [1.82, 2.24) is 9.55 Å². The first-order valence-corrected chi connectivity index (χ1v) is 8.92. The second-order valence-electron chi connectivity index (χ2n) is 6.38. The van der Waals surface area contributed by atoms with Crippen molar-refractivity contribution in [3.05, 3.63) is 108 Å². The fourth-order valence-electron chi connectivity index (χ4n) is 3.47. The largest absolute Gasteiger partial charge is 0.309 e. The van der Waals surface area contributed by atoms with E-state index in [4.69, 9.17) is 0 Å². The highest BCUT2D eigenvalue weighted by atomic mass is 15.0. The summed E-state index contributed by atoms with van der Waals surface area (Å²) < 4.78 is 2.31. The molecule has 0 bridgehead atoms. The summed E-state index contributed by atoms with van der Waals surface area (Å²) in [6, 6.07) is 31.2. The molecule has 0 aliphatic rings. The molecule has 0 unspecified atom stereocenters. The van der Waals surface area contributed by atoms with Gasteiger partial charge in [0.25, 0.3) is 0 Å². The number of rotatable bonds is 1. The first-order chi connectivity index (χ1) is 13.4. The molecule has 0 amide bonds. The third-order valence-corrected chi connectivity index (χ3v) is 4.71. The van der Waals surface area contributed by atoms with E-state index in [1.165, 1.54) is 21.8 Å². The number of para-hydroxylation sites is 2. The van der Waals surface area contributed by atoms with E-state index in [-0.39, 0.29) is 0 Å². The van der Waals surface area contributed by atoms with Crippen LogP contribution in [0.15, 0.2) is 97.2 Å². The highest BCUT2D eigenvalue weighted by Crippen LogP contribution is 2.31. The van der Waals surface area contributed by atoms with Gasteiger partial charge in [-0.2, -0.15) is 0 Å². The molecule has 2 aromatic heterocycles. The maximum atomic E-state index is 4.24. The first kappa shape index (κ1) is 15.4.